The standard InChI is InChI=1S/C10H9NO/c1-12-10(8-11)7-9-5-3-2-4-6-9/h2-7H,1H3. The number of allylic oxidation sites excluding steroid dienone is 1. The molecule has 0 heterocycles. The van der Waals surface area contributed by atoms with Gasteiger partial charge in [-0.2, -0.15) is 5.26 Å². The molecule has 0 atom stereocenters. The number of benzene rings is 1. The lowest BCUT2D eigenvalue weighted by Crippen LogP contribution is -1.81. The van der Waals surface area contributed by atoms with Gasteiger partial charge in [-0.25, -0.2) is 0 Å². The van der Waals surface area contributed by atoms with Crippen LogP contribution in [0.1, 0.15) is 5.56 Å². The number of ether oxygens (including phenoxy) is 1. The van der Waals surface area contributed by atoms with Crippen molar-refractivity contribution in [2.45, 2.75) is 0 Å². The first kappa shape index (κ1) is 8.35. The van der Waals surface area contributed by atoms with E-state index in [-0.39, 0.29) is 0 Å². The molecule has 2 heteroatoms. The largest absolute Gasteiger partial charge is 0.487 e. The second-order valence-corrected chi connectivity index (χ2v) is 2.24. The fourth-order valence-electron chi connectivity index (χ4n) is 0.837. The highest BCUT2D eigenvalue weighted by Crippen LogP contribution is 2.05. The van der Waals surface area contributed by atoms with E-state index in [1.165, 1.54) is 7.11 Å². The summed E-state index contributed by atoms with van der Waals surface area (Å²) in [4.78, 5) is 0. The first-order valence-electron chi connectivity index (χ1n) is 3.57. The lowest BCUT2D eigenvalue weighted by atomic mass is 10.2. The van der Waals surface area contributed by atoms with Crippen LogP contribution < -0.4 is 0 Å². The van der Waals surface area contributed by atoms with E-state index in [1.54, 1.807) is 6.08 Å². The molecule has 0 aliphatic heterocycles. The molecule has 0 aliphatic rings. The van der Waals surface area contributed by atoms with Crippen LogP contribution in [0.3, 0.4) is 0 Å². The van der Waals surface area contributed by atoms with Gasteiger partial charge in [0.05, 0.1) is 7.11 Å². The van der Waals surface area contributed by atoms with Crippen LogP contribution >= 0.6 is 0 Å². The van der Waals surface area contributed by atoms with E-state index in [4.69, 9.17) is 10.00 Å². The van der Waals surface area contributed by atoms with E-state index < -0.39 is 0 Å². The Kier molecular flexibility index (Phi) is 2.92. The van der Waals surface area contributed by atoms with E-state index in [1.807, 2.05) is 36.4 Å². The molecular weight excluding hydrogens is 150 g/mol. The van der Waals surface area contributed by atoms with Crippen molar-refractivity contribution in [2.24, 2.45) is 0 Å². The maximum atomic E-state index is 8.54. The van der Waals surface area contributed by atoms with E-state index in [9.17, 15) is 0 Å². The van der Waals surface area contributed by atoms with Crippen LogP contribution in [0.2, 0.25) is 0 Å². The van der Waals surface area contributed by atoms with Crippen molar-refractivity contribution < 1.29 is 4.74 Å². The predicted octanol–water partition coefficient (Wildman–Crippen LogP) is 2.20. The van der Waals surface area contributed by atoms with Gasteiger partial charge in [-0.05, 0) is 11.6 Å². The summed E-state index contributed by atoms with van der Waals surface area (Å²) in [5, 5.41) is 8.54. The Hall–Kier alpha value is -1.75. The topological polar surface area (TPSA) is 33.0 Å². The second-order valence-electron chi connectivity index (χ2n) is 2.24. The van der Waals surface area contributed by atoms with E-state index in [0.717, 1.165) is 5.56 Å². The number of nitrogens with zero attached hydrogens (tertiary/aromatic N) is 1. The molecule has 0 bridgehead atoms. The summed E-state index contributed by atoms with van der Waals surface area (Å²) in [6.07, 6.45) is 1.69. The normalized spacial score (nSPS) is 10.5. The number of hydrogen-bond donors (Lipinski definition) is 0. The highest BCUT2D eigenvalue weighted by Gasteiger charge is 1.91. The van der Waals surface area contributed by atoms with Crippen molar-refractivity contribution in [1.82, 2.24) is 0 Å². The fourth-order valence-corrected chi connectivity index (χ4v) is 0.837. The van der Waals surface area contributed by atoms with Gasteiger partial charge in [0.2, 0.25) is 0 Å². The summed E-state index contributed by atoms with van der Waals surface area (Å²) >= 11 is 0. The Balaban J connectivity index is 2.88. The Morgan fingerprint density at radius 3 is 2.58 bits per heavy atom. The molecular formula is C10H9NO. The summed E-state index contributed by atoms with van der Waals surface area (Å²) in [5.41, 5.74) is 0.968. The monoisotopic (exact) mass is 159 g/mol. The molecule has 12 heavy (non-hydrogen) atoms. The van der Waals surface area contributed by atoms with Gasteiger partial charge in [0.25, 0.3) is 0 Å². The first-order chi connectivity index (χ1) is 5.86. The predicted molar refractivity (Wildman–Crippen MR) is 47.0 cm³/mol. The van der Waals surface area contributed by atoms with Gasteiger partial charge in [0.1, 0.15) is 6.07 Å². The summed E-state index contributed by atoms with van der Waals surface area (Å²) in [6.45, 7) is 0. The van der Waals surface area contributed by atoms with E-state index >= 15 is 0 Å². The molecule has 0 unspecified atom stereocenters. The van der Waals surface area contributed by atoms with Gasteiger partial charge < -0.3 is 4.74 Å². The van der Waals surface area contributed by atoms with Crippen LogP contribution in [0.5, 0.6) is 0 Å². The highest BCUT2D eigenvalue weighted by molar-refractivity contribution is 5.54. The molecule has 1 rings (SSSR count). The van der Waals surface area contributed by atoms with Gasteiger partial charge >= 0.3 is 0 Å². The zero-order chi connectivity index (χ0) is 8.81. The Labute approximate surface area is 71.7 Å². The summed E-state index contributed by atoms with van der Waals surface area (Å²) in [6, 6.07) is 11.5. The molecule has 0 aliphatic carbocycles. The van der Waals surface area contributed by atoms with Crippen molar-refractivity contribution in [3.05, 3.63) is 41.7 Å². The Morgan fingerprint density at radius 2 is 2.08 bits per heavy atom. The van der Waals surface area contributed by atoms with Gasteiger partial charge in [0, 0.05) is 0 Å². The Morgan fingerprint density at radius 1 is 1.42 bits per heavy atom. The summed E-state index contributed by atoms with van der Waals surface area (Å²) < 4.78 is 4.80. The van der Waals surface area contributed by atoms with Crippen LogP contribution in [0.15, 0.2) is 36.1 Å². The van der Waals surface area contributed by atoms with Crippen molar-refractivity contribution in [1.29, 1.82) is 5.26 Å². The highest BCUT2D eigenvalue weighted by atomic mass is 16.5. The van der Waals surface area contributed by atoms with E-state index in [0.29, 0.717) is 5.76 Å². The third-order valence-electron chi connectivity index (χ3n) is 1.43. The molecule has 0 saturated heterocycles. The van der Waals surface area contributed by atoms with Crippen molar-refractivity contribution >= 4 is 6.08 Å². The molecule has 0 radical (unpaired) electrons. The van der Waals surface area contributed by atoms with Crippen molar-refractivity contribution in [3.63, 3.8) is 0 Å². The molecule has 0 N–H and O–H groups in total. The lowest BCUT2D eigenvalue weighted by molar-refractivity contribution is 0.314. The van der Waals surface area contributed by atoms with Crippen LogP contribution in [0, 0.1) is 11.3 Å². The minimum absolute atomic E-state index is 0.321. The molecule has 0 saturated carbocycles. The molecule has 1 aromatic carbocycles. The number of nitriles is 1. The number of methoxy groups -OCH3 is 1. The quantitative estimate of drug-likeness (QED) is 0.489. The molecule has 0 fully saturated rings. The smallest absolute Gasteiger partial charge is 0.197 e. The SMILES string of the molecule is COC(C#N)=Cc1ccccc1. The Bertz CT molecular complexity index is 308. The molecule has 0 aromatic heterocycles. The molecule has 0 amide bonds. The third-order valence-corrected chi connectivity index (χ3v) is 1.43. The molecule has 1 aromatic rings. The molecule has 2 nitrogen and oxygen atoms in total. The van der Waals surface area contributed by atoms with Crippen LogP contribution in [-0.4, -0.2) is 7.11 Å². The van der Waals surface area contributed by atoms with Gasteiger partial charge in [0.15, 0.2) is 5.76 Å². The maximum absolute atomic E-state index is 8.54. The van der Waals surface area contributed by atoms with Gasteiger partial charge in [-0.15, -0.1) is 0 Å². The average molecular weight is 159 g/mol. The molecule has 0 spiro atoms. The maximum Gasteiger partial charge on any atom is 0.197 e. The summed E-state index contributed by atoms with van der Waals surface area (Å²) in [5.74, 6) is 0.321. The minimum atomic E-state index is 0.321. The van der Waals surface area contributed by atoms with Crippen molar-refractivity contribution in [2.75, 3.05) is 7.11 Å². The zero-order valence-corrected chi connectivity index (χ0v) is 6.82. The average Bonchev–Trinajstić information content (AvgIpc) is 2.16. The minimum Gasteiger partial charge on any atom is -0.487 e. The first-order valence-corrected chi connectivity index (χ1v) is 3.57. The molecule has 60 valence electrons. The van der Waals surface area contributed by atoms with Crippen molar-refractivity contribution in [3.8, 4) is 6.07 Å². The van der Waals surface area contributed by atoms with Crippen LogP contribution in [0.4, 0.5) is 0 Å². The van der Waals surface area contributed by atoms with Crippen LogP contribution in [-0.2, 0) is 4.74 Å². The fraction of sp³-hybridized carbons (Fsp3) is 0.100. The van der Waals surface area contributed by atoms with Gasteiger partial charge in [-0.3, -0.25) is 0 Å². The van der Waals surface area contributed by atoms with Crippen LogP contribution in [0.25, 0.3) is 6.08 Å². The lowest BCUT2D eigenvalue weighted by Gasteiger charge is -1.95. The zero-order valence-electron chi connectivity index (χ0n) is 6.82. The second kappa shape index (κ2) is 4.20. The van der Waals surface area contributed by atoms with Gasteiger partial charge in [-0.1, -0.05) is 30.3 Å². The number of rotatable bonds is 2. The number of hydrogen-bond acceptors (Lipinski definition) is 2. The van der Waals surface area contributed by atoms with E-state index in [2.05, 4.69) is 0 Å². The summed E-state index contributed by atoms with van der Waals surface area (Å²) in [7, 11) is 1.48. The third kappa shape index (κ3) is 2.14.